The smallest absolute Gasteiger partial charge is 0.267 e. The number of benzene rings is 2. The van der Waals surface area contributed by atoms with E-state index in [9.17, 15) is 17.6 Å². The summed E-state index contributed by atoms with van der Waals surface area (Å²) in [5, 5.41) is 8.73. The summed E-state index contributed by atoms with van der Waals surface area (Å²) < 4.78 is 43.2. The van der Waals surface area contributed by atoms with Gasteiger partial charge in [-0.3, -0.25) is 4.79 Å². The molecule has 0 aromatic heterocycles. The van der Waals surface area contributed by atoms with Crippen LogP contribution in [0.1, 0.15) is 15.9 Å². The molecule has 0 bridgehead atoms. The summed E-state index contributed by atoms with van der Waals surface area (Å²) in [7, 11) is -3.84. The quantitative estimate of drug-likeness (QED) is 0.895. The standard InChI is InChI=1S/C15H10ClFN2O4S/c1-24(21,22)19-15(20)11-6-12(16)14(7-13(11)17)23-10-4-2-3-9(5-10)8-18/h2-7H,1H3,(H,19,20). The molecule has 0 spiro atoms. The first-order valence-corrected chi connectivity index (χ1v) is 8.66. The number of halogens is 2. The first-order valence-electron chi connectivity index (χ1n) is 6.39. The van der Waals surface area contributed by atoms with Gasteiger partial charge in [0.2, 0.25) is 10.0 Å². The second-order valence-electron chi connectivity index (χ2n) is 4.71. The molecule has 2 aromatic rings. The Labute approximate surface area is 142 Å². The molecule has 9 heteroatoms. The molecule has 0 aliphatic heterocycles. The van der Waals surface area contributed by atoms with Crippen molar-refractivity contribution in [1.29, 1.82) is 5.26 Å². The molecule has 124 valence electrons. The van der Waals surface area contributed by atoms with Crippen LogP contribution < -0.4 is 9.46 Å². The first kappa shape index (κ1) is 17.7. The molecule has 0 atom stereocenters. The summed E-state index contributed by atoms with van der Waals surface area (Å²) in [6.07, 6.45) is 0.768. The van der Waals surface area contributed by atoms with Gasteiger partial charge in [0.25, 0.3) is 5.91 Å². The van der Waals surface area contributed by atoms with E-state index in [2.05, 4.69) is 0 Å². The Morgan fingerprint density at radius 2 is 2.04 bits per heavy atom. The fourth-order valence-corrected chi connectivity index (χ4v) is 2.41. The molecule has 0 fully saturated rings. The molecule has 0 saturated heterocycles. The van der Waals surface area contributed by atoms with Crippen molar-refractivity contribution in [2.24, 2.45) is 0 Å². The average Bonchev–Trinajstić information content (AvgIpc) is 2.49. The van der Waals surface area contributed by atoms with Crippen molar-refractivity contribution < 1.29 is 22.3 Å². The molecule has 0 unspecified atom stereocenters. The van der Waals surface area contributed by atoms with Crippen molar-refractivity contribution in [2.45, 2.75) is 0 Å². The van der Waals surface area contributed by atoms with Crippen LogP contribution in [0.25, 0.3) is 0 Å². The summed E-state index contributed by atoms with van der Waals surface area (Å²) >= 11 is 5.95. The predicted octanol–water partition coefficient (Wildman–Crippen LogP) is 2.83. The van der Waals surface area contributed by atoms with Gasteiger partial charge in [-0.05, 0) is 24.3 Å². The fourth-order valence-electron chi connectivity index (χ4n) is 1.76. The van der Waals surface area contributed by atoms with Crippen LogP contribution in [0.3, 0.4) is 0 Å². The number of carbonyl (C=O) groups excluding carboxylic acids is 1. The zero-order valence-electron chi connectivity index (χ0n) is 12.2. The van der Waals surface area contributed by atoms with Crippen molar-refractivity contribution >= 4 is 27.5 Å². The van der Waals surface area contributed by atoms with E-state index in [1.807, 2.05) is 6.07 Å². The van der Waals surface area contributed by atoms with Gasteiger partial charge in [0.05, 0.1) is 28.5 Å². The van der Waals surface area contributed by atoms with Gasteiger partial charge >= 0.3 is 0 Å². The van der Waals surface area contributed by atoms with Gasteiger partial charge in [0.15, 0.2) is 0 Å². The number of ether oxygens (including phenoxy) is 1. The van der Waals surface area contributed by atoms with Crippen molar-refractivity contribution in [3.8, 4) is 17.6 Å². The van der Waals surface area contributed by atoms with Gasteiger partial charge in [-0.25, -0.2) is 17.5 Å². The van der Waals surface area contributed by atoms with Gasteiger partial charge in [-0.2, -0.15) is 5.26 Å². The van der Waals surface area contributed by atoms with Crippen LogP contribution in [-0.2, 0) is 10.0 Å². The highest BCUT2D eigenvalue weighted by atomic mass is 35.5. The molecule has 0 aliphatic rings. The lowest BCUT2D eigenvalue weighted by molar-refractivity contribution is 0.0977. The Bertz CT molecular complexity index is 954. The van der Waals surface area contributed by atoms with E-state index in [0.717, 1.165) is 18.4 Å². The number of sulfonamides is 1. The third-order valence-corrected chi connectivity index (χ3v) is 3.59. The van der Waals surface area contributed by atoms with Crippen molar-refractivity contribution in [3.05, 3.63) is 58.4 Å². The van der Waals surface area contributed by atoms with Crippen LogP contribution >= 0.6 is 11.6 Å². The van der Waals surface area contributed by atoms with Gasteiger partial charge in [0.1, 0.15) is 17.3 Å². The molecule has 0 radical (unpaired) electrons. The number of hydrogen-bond donors (Lipinski definition) is 1. The molecule has 2 rings (SSSR count). The van der Waals surface area contributed by atoms with Crippen molar-refractivity contribution in [2.75, 3.05) is 6.26 Å². The molecule has 0 heterocycles. The molecular formula is C15H10ClFN2O4S. The maximum Gasteiger partial charge on any atom is 0.267 e. The Morgan fingerprint density at radius 3 is 2.67 bits per heavy atom. The second-order valence-corrected chi connectivity index (χ2v) is 6.86. The van der Waals surface area contributed by atoms with Crippen LogP contribution in [-0.4, -0.2) is 20.6 Å². The predicted molar refractivity (Wildman–Crippen MR) is 85.0 cm³/mol. The van der Waals surface area contributed by atoms with Crippen LogP contribution in [0, 0.1) is 17.1 Å². The van der Waals surface area contributed by atoms with Crippen LogP contribution in [0.4, 0.5) is 4.39 Å². The number of nitriles is 1. The largest absolute Gasteiger partial charge is 0.456 e. The fraction of sp³-hybridized carbons (Fsp3) is 0.0667. The minimum Gasteiger partial charge on any atom is -0.456 e. The van der Waals surface area contributed by atoms with Crippen LogP contribution in [0.15, 0.2) is 36.4 Å². The first-order chi connectivity index (χ1) is 11.2. The second kappa shape index (κ2) is 6.86. The Kier molecular flexibility index (Phi) is 5.07. The number of nitrogens with one attached hydrogen (secondary N) is 1. The number of nitrogens with zero attached hydrogens (tertiary/aromatic N) is 1. The number of amides is 1. The number of hydrogen-bond acceptors (Lipinski definition) is 5. The third kappa shape index (κ3) is 4.44. The lowest BCUT2D eigenvalue weighted by Crippen LogP contribution is -2.30. The van der Waals surface area contributed by atoms with Gasteiger partial charge < -0.3 is 4.74 Å². The Balaban J connectivity index is 2.33. The lowest BCUT2D eigenvalue weighted by atomic mass is 10.2. The zero-order chi connectivity index (χ0) is 17.9. The van der Waals surface area contributed by atoms with Crippen LogP contribution in [0.5, 0.6) is 11.5 Å². The molecule has 0 saturated carbocycles. The highest BCUT2D eigenvalue weighted by Crippen LogP contribution is 2.32. The van der Waals surface area contributed by atoms with Gasteiger partial charge in [-0.1, -0.05) is 17.7 Å². The molecular weight excluding hydrogens is 359 g/mol. The highest BCUT2D eigenvalue weighted by molar-refractivity contribution is 7.89. The molecule has 2 aromatic carbocycles. The molecule has 1 amide bonds. The van der Waals surface area contributed by atoms with E-state index in [-0.39, 0.29) is 16.5 Å². The third-order valence-electron chi connectivity index (χ3n) is 2.74. The van der Waals surface area contributed by atoms with E-state index in [4.69, 9.17) is 21.6 Å². The Morgan fingerprint density at radius 1 is 1.33 bits per heavy atom. The summed E-state index contributed by atoms with van der Waals surface area (Å²) in [5.74, 6) is -1.98. The number of rotatable bonds is 4. The van der Waals surface area contributed by atoms with Crippen molar-refractivity contribution in [3.63, 3.8) is 0 Å². The van der Waals surface area contributed by atoms with E-state index < -0.39 is 27.3 Å². The van der Waals surface area contributed by atoms with E-state index in [1.165, 1.54) is 6.07 Å². The molecule has 24 heavy (non-hydrogen) atoms. The summed E-state index contributed by atoms with van der Waals surface area (Å²) in [4.78, 5) is 11.7. The van der Waals surface area contributed by atoms with Crippen molar-refractivity contribution in [1.82, 2.24) is 4.72 Å². The summed E-state index contributed by atoms with van der Waals surface area (Å²) in [6, 6.07) is 9.86. The Hall–Kier alpha value is -2.63. The number of carbonyl (C=O) groups is 1. The zero-order valence-corrected chi connectivity index (χ0v) is 13.8. The van der Waals surface area contributed by atoms with E-state index in [0.29, 0.717) is 5.56 Å². The molecule has 6 nitrogen and oxygen atoms in total. The summed E-state index contributed by atoms with van der Waals surface area (Å²) in [5.41, 5.74) is -0.197. The minimum atomic E-state index is -3.84. The topological polar surface area (TPSA) is 96.3 Å². The minimum absolute atomic E-state index is 0.0832. The SMILES string of the molecule is CS(=O)(=O)NC(=O)c1cc(Cl)c(Oc2cccc(C#N)c2)cc1F. The van der Waals surface area contributed by atoms with Gasteiger partial charge in [0, 0.05) is 6.07 Å². The van der Waals surface area contributed by atoms with E-state index >= 15 is 0 Å². The maximum absolute atomic E-state index is 14.1. The average molecular weight is 369 g/mol. The van der Waals surface area contributed by atoms with Gasteiger partial charge in [-0.15, -0.1) is 0 Å². The molecule has 0 aliphatic carbocycles. The van der Waals surface area contributed by atoms with E-state index in [1.54, 1.807) is 22.9 Å². The monoisotopic (exact) mass is 368 g/mol. The summed E-state index contributed by atoms with van der Waals surface area (Å²) in [6.45, 7) is 0. The maximum atomic E-state index is 14.1. The lowest BCUT2D eigenvalue weighted by Gasteiger charge is -2.10. The van der Waals surface area contributed by atoms with Crippen LogP contribution in [0.2, 0.25) is 5.02 Å². The normalized spacial score (nSPS) is 10.8. The highest BCUT2D eigenvalue weighted by Gasteiger charge is 2.19. The molecule has 1 N–H and O–H groups in total.